The SMILES string of the molecule is O=S(=O)(c1ccccc1)C1CS(O)(O)c2cccc(OCc3ccccn3)c21. The van der Waals surface area contributed by atoms with E-state index in [4.69, 9.17) is 4.74 Å². The highest BCUT2D eigenvalue weighted by Gasteiger charge is 2.45. The Hall–Kier alpha value is -2.39. The predicted octanol–water partition coefficient (Wildman–Crippen LogP) is 4.30. The van der Waals surface area contributed by atoms with Gasteiger partial charge in [-0.2, -0.15) is 10.6 Å². The Morgan fingerprint density at radius 3 is 2.46 bits per heavy atom. The maximum atomic E-state index is 13.2. The van der Waals surface area contributed by atoms with Gasteiger partial charge in [-0.15, -0.1) is 0 Å². The van der Waals surface area contributed by atoms with Gasteiger partial charge in [-0.3, -0.25) is 14.1 Å². The van der Waals surface area contributed by atoms with Gasteiger partial charge in [-0.25, -0.2) is 8.42 Å². The van der Waals surface area contributed by atoms with Gasteiger partial charge in [-0.05, 0) is 36.4 Å². The summed E-state index contributed by atoms with van der Waals surface area (Å²) in [7, 11) is -7.05. The van der Waals surface area contributed by atoms with Crippen LogP contribution in [0, 0.1) is 0 Å². The first-order chi connectivity index (χ1) is 13.4. The van der Waals surface area contributed by atoms with Gasteiger partial charge < -0.3 is 4.74 Å². The zero-order valence-electron chi connectivity index (χ0n) is 14.8. The third-order valence-electron chi connectivity index (χ3n) is 4.63. The van der Waals surface area contributed by atoms with E-state index in [1.807, 2.05) is 6.07 Å². The number of fused-ring (bicyclic) bond motifs is 1. The smallest absolute Gasteiger partial charge is 0.187 e. The second-order valence-corrected chi connectivity index (χ2v) is 10.7. The molecule has 0 bridgehead atoms. The Bertz CT molecular complexity index is 1090. The number of hydrogen-bond acceptors (Lipinski definition) is 6. The summed E-state index contributed by atoms with van der Waals surface area (Å²) in [4.78, 5) is 4.57. The standard InChI is InChI=1S/C20H19NO5S2/c22-27(23)14-19(28(24,25)16-8-2-1-3-9-16)20-17(10-6-11-18(20)27)26-13-15-7-4-5-12-21-15/h1-12,19,22-23H,13-14H2. The molecule has 1 unspecified atom stereocenters. The molecule has 1 aliphatic rings. The van der Waals surface area contributed by atoms with Crippen LogP contribution in [0.4, 0.5) is 0 Å². The largest absolute Gasteiger partial charge is 0.487 e. The molecule has 3 aromatic rings. The first kappa shape index (κ1) is 18.9. The van der Waals surface area contributed by atoms with Gasteiger partial charge in [0.2, 0.25) is 0 Å². The molecular formula is C20H19NO5S2. The number of sulfone groups is 1. The third kappa shape index (κ3) is 3.40. The quantitative estimate of drug-likeness (QED) is 0.642. The number of pyridine rings is 1. The summed E-state index contributed by atoms with van der Waals surface area (Å²) < 4.78 is 53.4. The summed E-state index contributed by atoms with van der Waals surface area (Å²) in [5.74, 6) is 0.0499. The molecule has 28 heavy (non-hydrogen) atoms. The minimum atomic E-state index is -3.82. The minimum absolute atomic E-state index is 0.141. The Morgan fingerprint density at radius 1 is 1.00 bits per heavy atom. The Morgan fingerprint density at radius 2 is 1.75 bits per heavy atom. The van der Waals surface area contributed by atoms with Crippen LogP contribution in [0.25, 0.3) is 0 Å². The maximum Gasteiger partial charge on any atom is 0.187 e. The number of benzene rings is 2. The van der Waals surface area contributed by atoms with Gasteiger partial charge in [0.15, 0.2) is 9.84 Å². The number of hydrogen-bond donors (Lipinski definition) is 2. The third-order valence-corrected chi connectivity index (χ3v) is 8.78. The molecule has 6 nitrogen and oxygen atoms in total. The Labute approximate surface area is 165 Å². The fraction of sp³-hybridized carbons (Fsp3) is 0.150. The van der Waals surface area contributed by atoms with Gasteiger partial charge in [0.25, 0.3) is 0 Å². The molecule has 8 heteroatoms. The average molecular weight is 418 g/mol. The summed E-state index contributed by atoms with van der Waals surface area (Å²) in [5.41, 5.74) is 1.01. The zero-order valence-corrected chi connectivity index (χ0v) is 16.4. The first-order valence-corrected chi connectivity index (χ1v) is 11.9. The topological polar surface area (TPSA) is 96.7 Å². The Balaban J connectivity index is 1.76. The minimum Gasteiger partial charge on any atom is -0.487 e. The first-order valence-electron chi connectivity index (χ1n) is 8.60. The normalized spacial score (nSPS) is 19.0. The van der Waals surface area contributed by atoms with E-state index in [9.17, 15) is 17.5 Å². The molecule has 0 saturated heterocycles. The number of ether oxygens (including phenoxy) is 1. The van der Waals surface area contributed by atoms with Gasteiger partial charge in [0.1, 0.15) is 17.6 Å². The second-order valence-electron chi connectivity index (χ2n) is 6.46. The van der Waals surface area contributed by atoms with Crippen LogP contribution in [-0.2, 0) is 16.4 Å². The van der Waals surface area contributed by atoms with Crippen molar-refractivity contribution in [2.24, 2.45) is 0 Å². The highest BCUT2D eigenvalue weighted by molar-refractivity contribution is 8.25. The van der Waals surface area contributed by atoms with Crippen LogP contribution in [0.15, 0.2) is 82.7 Å². The molecule has 1 atom stereocenters. The fourth-order valence-electron chi connectivity index (χ4n) is 3.29. The van der Waals surface area contributed by atoms with E-state index >= 15 is 0 Å². The van der Waals surface area contributed by atoms with E-state index < -0.39 is 25.7 Å². The lowest BCUT2D eigenvalue weighted by atomic mass is 10.1. The van der Waals surface area contributed by atoms with Gasteiger partial charge in [0, 0.05) is 11.8 Å². The van der Waals surface area contributed by atoms with Crippen molar-refractivity contribution in [2.45, 2.75) is 21.6 Å². The molecule has 0 saturated carbocycles. The van der Waals surface area contributed by atoms with E-state index in [0.717, 1.165) is 0 Å². The van der Waals surface area contributed by atoms with E-state index in [1.54, 1.807) is 54.7 Å². The van der Waals surface area contributed by atoms with Crippen LogP contribution in [0.5, 0.6) is 5.75 Å². The van der Waals surface area contributed by atoms with Gasteiger partial charge in [-0.1, -0.05) is 30.3 Å². The summed E-state index contributed by atoms with van der Waals surface area (Å²) >= 11 is 0. The average Bonchev–Trinajstić information content (AvgIpc) is 3.00. The van der Waals surface area contributed by atoms with Crippen LogP contribution in [0.3, 0.4) is 0 Å². The molecule has 1 aromatic heterocycles. The van der Waals surface area contributed by atoms with Crippen molar-refractivity contribution in [3.8, 4) is 5.75 Å². The highest BCUT2D eigenvalue weighted by atomic mass is 32.3. The second kappa shape index (κ2) is 7.21. The van der Waals surface area contributed by atoms with Crippen molar-refractivity contribution in [3.63, 3.8) is 0 Å². The van der Waals surface area contributed by atoms with Crippen molar-refractivity contribution in [2.75, 3.05) is 5.75 Å². The molecule has 0 spiro atoms. The molecule has 1 aliphatic heterocycles. The van der Waals surface area contributed by atoms with Gasteiger partial charge in [0.05, 0.1) is 21.2 Å². The molecule has 0 radical (unpaired) electrons. The predicted molar refractivity (Wildman–Crippen MR) is 107 cm³/mol. The summed E-state index contributed by atoms with van der Waals surface area (Å²) in [5, 5.41) is -1.09. The fourth-order valence-corrected chi connectivity index (χ4v) is 7.73. The Kier molecular flexibility index (Phi) is 4.88. The summed E-state index contributed by atoms with van der Waals surface area (Å²) in [6.45, 7) is 0.147. The molecule has 4 rings (SSSR count). The summed E-state index contributed by atoms with van der Waals surface area (Å²) in [6.07, 6.45) is 1.65. The van der Waals surface area contributed by atoms with Crippen molar-refractivity contribution in [1.29, 1.82) is 0 Å². The molecule has 0 fully saturated rings. The molecule has 0 aliphatic carbocycles. The number of rotatable bonds is 5. The molecule has 2 N–H and O–H groups in total. The van der Waals surface area contributed by atoms with Crippen LogP contribution in [0.2, 0.25) is 0 Å². The van der Waals surface area contributed by atoms with E-state index in [0.29, 0.717) is 17.0 Å². The van der Waals surface area contributed by atoms with E-state index in [-0.39, 0.29) is 22.2 Å². The lowest BCUT2D eigenvalue weighted by molar-refractivity contribution is 0.297. The van der Waals surface area contributed by atoms with Crippen LogP contribution >= 0.6 is 10.6 Å². The lowest BCUT2D eigenvalue weighted by Crippen LogP contribution is -2.16. The molecule has 0 amide bonds. The zero-order chi connectivity index (χ0) is 19.8. The maximum absolute atomic E-state index is 13.2. The van der Waals surface area contributed by atoms with Gasteiger partial charge >= 0.3 is 0 Å². The van der Waals surface area contributed by atoms with Crippen LogP contribution in [0.1, 0.15) is 16.5 Å². The molecule has 2 aromatic carbocycles. The van der Waals surface area contributed by atoms with E-state index in [2.05, 4.69) is 4.98 Å². The molecular weight excluding hydrogens is 398 g/mol. The molecule has 146 valence electrons. The lowest BCUT2D eigenvalue weighted by Gasteiger charge is -2.27. The van der Waals surface area contributed by atoms with E-state index in [1.165, 1.54) is 12.1 Å². The summed E-state index contributed by atoms with van der Waals surface area (Å²) in [6, 6.07) is 18.3. The monoisotopic (exact) mass is 417 g/mol. The van der Waals surface area contributed by atoms with Crippen molar-refractivity contribution in [3.05, 3.63) is 84.2 Å². The van der Waals surface area contributed by atoms with Crippen molar-refractivity contribution in [1.82, 2.24) is 4.98 Å². The van der Waals surface area contributed by atoms with Crippen LogP contribution < -0.4 is 4.74 Å². The van der Waals surface area contributed by atoms with Crippen LogP contribution in [-0.4, -0.2) is 28.3 Å². The van der Waals surface area contributed by atoms with Crippen molar-refractivity contribution >= 4 is 20.4 Å². The highest BCUT2D eigenvalue weighted by Crippen LogP contribution is 2.63. The van der Waals surface area contributed by atoms with Crippen molar-refractivity contribution < 1.29 is 22.3 Å². The molecule has 2 heterocycles. The number of nitrogens with zero attached hydrogens (tertiary/aromatic N) is 1. The number of aromatic nitrogens is 1.